The van der Waals surface area contributed by atoms with Crippen molar-refractivity contribution in [3.05, 3.63) is 71.2 Å². The molecule has 4 nitrogen and oxygen atoms in total. The molecule has 3 heterocycles. The maximum absolute atomic E-state index is 12.6. The molecule has 0 saturated carbocycles. The van der Waals surface area contributed by atoms with E-state index in [0.29, 0.717) is 12.8 Å². The Labute approximate surface area is 162 Å². The second-order valence-corrected chi connectivity index (χ2v) is 7.91. The van der Waals surface area contributed by atoms with Gasteiger partial charge in [-0.1, -0.05) is 24.3 Å². The van der Waals surface area contributed by atoms with Crippen LogP contribution in [0.3, 0.4) is 0 Å². The van der Waals surface area contributed by atoms with Crippen LogP contribution in [-0.2, 0) is 12.8 Å². The first kappa shape index (κ1) is 15.9. The highest BCUT2D eigenvalue weighted by atomic mass is 16.1. The van der Waals surface area contributed by atoms with Crippen LogP contribution in [0.4, 0.5) is 0 Å². The van der Waals surface area contributed by atoms with Crippen LogP contribution in [0, 0.1) is 0 Å². The Morgan fingerprint density at radius 3 is 2.36 bits per heavy atom. The smallest absolute Gasteiger partial charge is 0.164 e. The van der Waals surface area contributed by atoms with Gasteiger partial charge in [-0.05, 0) is 49.3 Å². The molecule has 0 unspecified atom stereocenters. The third kappa shape index (κ3) is 2.06. The van der Waals surface area contributed by atoms with Gasteiger partial charge in [-0.15, -0.1) is 0 Å². The molecule has 28 heavy (non-hydrogen) atoms. The van der Waals surface area contributed by atoms with E-state index in [9.17, 15) is 9.59 Å². The third-order valence-corrected chi connectivity index (χ3v) is 6.33. The molecule has 0 spiro atoms. The van der Waals surface area contributed by atoms with Crippen LogP contribution < -0.4 is 0 Å². The Morgan fingerprint density at radius 1 is 0.750 bits per heavy atom. The minimum atomic E-state index is 0.238. The highest BCUT2D eigenvalue weighted by Gasteiger charge is 2.26. The van der Waals surface area contributed by atoms with E-state index in [-0.39, 0.29) is 11.6 Å². The van der Waals surface area contributed by atoms with Gasteiger partial charge in [-0.2, -0.15) is 0 Å². The Bertz CT molecular complexity index is 1310. The van der Waals surface area contributed by atoms with Gasteiger partial charge in [0.25, 0.3) is 0 Å². The standard InChI is InChI=1S/C24H20N2O2/c27-22-9-3-7-19-17(22)11-12-25(19)24-13-15-5-1-2-6-16(15)21-14-18-20(26(21)24)8-4-10-23(18)28/h1-2,5-6,11-14H,3-4,7-10H2. The Morgan fingerprint density at radius 2 is 1.50 bits per heavy atom. The third-order valence-electron chi connectivity index (χ3n) is 6.33. The summed E-state index contributed by atoms with van der Waals surface area (Å²) in [6, 6.07) is 14.6. The van der Waals surface area contributed by atoms with Crippen molar-refractivity contribution >= 4 is 27.9 Å². The van der Waals surface area contributed by atoms with Crippen LogP contribution in [0.2, 0.25) is 0 Å². The fraction of sp³-hybridized carbons (Fsp3) is 0.250. The summed E-state index contributed by atoms with van der Waals surface area (Å²) in [4.78, 5) is 25.0. The minimum absolute atomic E-state index is 0.238. The first-order valence-electron chi connectivity index (χ1n) is 10.1. The average molecular weight is 368 g/mol. The molecule has 0 amide bonds. The van der Waals surface area contributed by atoms with Gasteiger partial charge in [0.1, 0.15) is 5.82 Å². The molecule has 0 aliphatic heterocycles. The molecule has 0 bridgehead atoms. The topological polar surface area (TPSA) is 43.5 Å². The van der Waals surface area contributed by atoms with Crippen LogP contribution in [0.15, 0.2) is 48.7 Å². The zero-order valence-electron chi connectivity index (χ0n) is 15.6. The summed E-state index contributed by atoms with van der Waals surface area (Å²) >= 11 is 0. The molecule has 6 rings (SSSR count). The number of carbonyl (C=O) groups is 2. The van der Waals surface area contributed by atoms with Gasteiger partial charge in [-0.3, -0.25) is 14.0 Å². The van der Waals surface area contributed by atoms with Gasteiger partial charge in [0.2, 0.25) is 0 Å². The fourth-order valence-electron chi connectivity index (χ4n) is 5.03. The van der Waals surface area contributed by atoms with Crippen molar-refractivity contribution in [3.8, 4) is 5.82 Å². The minimum Gasteiger partial charge on any atom is -0.306 e. The maximum atomic E-state index is 12.6. The number of aromatic nitrogens is 2. The summed E-state index contributed by atoms with van der Waals surface area (Å²) in [5.74, 6) is 1.51. The average Bonchev–Trinajstić information content (AvgIpc) is 3.31. The second kappa shape index (κ2) is 5.68. The van der Waals surface area contributed by atoms with E-state index in [4.69, 9.17) is 0 Å². The Kier molecular flexibility index (Phi) is 3.22. The van der Waals surface area contributed by atoms with E-state index in [2.05, 4.69) is 33.2 Å². The van der Waals surface area contributed by atoms with Crippen LogP contribution in [0.1, 0.15) is 57.8 Å². The number of hydrogen-bond donors (Lipinski definition) is 0. The second-order valence-electron chi connectivity index (χ2n) is 7.91. The van der Waals surface area contributed by atoms with Crippen molar-refractivity contribution in [1.82, 2.24) is 8.97 Å². The summed E-state index contributed by atoms with van der Waals surface area (Å²) in [5.41, 5.74) is 5.00. The molecular formula is C24H20N2O2. The number of Topliss-reactive ketones (excluding diaryl/α,β-unsaturated/α-hetero) is 2. The van der Waals surface area contributed by atoms with E-state index in [1.807, 2.05) is 24.4 Å². The first-order chi connectivity index (χ1) is 13.7. The number of nitrogens with zero attached hydrogens (tertiary/aromatic N) is 2. The highest BCUT2D eigenvalue weighted by Crippen LogP contribution is 2.34. The van der Waals surface area contributed by atoms with Crippen LogP contribution >= 0.6 is 0 Å². The van der Waals surface area contributed by atoms with Crippen LogP contribution in [-0.4, -0.2) is 20.5 Å². The van der Waals surface area contributed by atoms with Crippen LogP contribution in [0.25, 0.3) is 22.1 Å². The number of ketones is 2. The van der Waals surface area contributed by atoms with E-state index < -0.39 is 0 Å². The van der Waals surface area contributed by atoms with E-state index in [0.717, 1.165) is 70.3 Å². The number of rotatable bonds is 1. The largest absolute Gasteiger partial charge is 0.306 e. The molecule has 0 N–H and O–H groups in total. The predicted octanol–water partition coefficient (Wildman–Crippen LogP) is 4.92. The molecule has 4 heteroatoms. The number of pyridine rings is 1. The number of hydrogen-bond acceptors (Lipinski definition) is 2. The normalized spacial score (nSPS) is 16.6. The summed E-state index contributed by atoms with van der Waals surface area (Å²) in [5, 5.41) is 2.31. The van der Waals surface area contributed by atoms with E-state index >= 15 is 0 Å². The zero-order chi connectivity index (χ0) is 18.8. The SMILES string of the molecule is O=C1CCCc2c1ccn2-c1cc2ccccc2c2cc3c(n12)CCCC3=O. The lowest BCUT2D eigenvalue weighted by Gasteiger charge is -2.20. The monoisotopic (exact) mass is 368 g/mol. The summed E-state index contributed by atoms with van der Waals surface area (Å²) < 4.78 is 4.43. The molecule has 0 fully saturated rings. The summed E-state index contributed by atoms with van der Waals surface area (Å²) in [6.45, 7) is 0. The van der Waals surface area contributed by atoms with Gasteiger partial charge in [-0.25, -0.2) is 0 Å². The van der Waals surface area contributed by atoms with E-state index in [1.54, 1.807) is 0 Å². The number of fused-ring (bicyclic) bond motifs is 6. The molecule has 0 radical (unpaired) electrons. The van der Waals surface area contributed by atoms with Crippen molar-refractivity contribution in [1.29, 1.82) is 0 Å². The van der Waals surface area contributed by atoms with E-state index in [1.165, 1.54) is 0 Å². The molecule has 1 aromatic carbocycles. The zero-order valence-corrected chi connectivity index (χ0v) is 15.6. The van der Waals surface area contributed by atoms with Crippen molar-refractivity contribution in [2.24, 2.45) is 0 Å². The number of carbonyl (C=O) groups excluding carboxylic acids is 2. The van der Waals surface area contributed by atoms with Gasteiger partial charge in [0.05, 0.1) is 5.52 Å². The fourth-order valence-corrected chi connectivity index (χ4v) is 5.03. The predicted molar refractivity (Wildman–Crippen MR) is 109 cm³/mol. The summed E-state index contributed by atoms with van der Waals surface area (Å²) in [6.07, 6.45) is 6.89. The first-order valence-corrected chi connectivity index (χ1v) is 10.1. The quantitative estimate of drug-likeness (QED) is 0.479. The molecule has 138 valence electrons. The van der Waals surface area contributed by atoms with Crippen molar-refractivity contribution < 1.29 is 9.59 Å². The van der Waals surface area contributed by atoms with Crippen molar-refractivity contribution in [2.75, 3.05) is 0 Å². The maximum Gasteiger partial charge on any atom is 0.164 e. The Hall–Kier alpha value is -3.14. The van der Waals surface area contributed by atoms with Crippen LogP contribution in [0.5, 0.6) is 0 Å². The molecule has 0 saturated heterocycles. The summed E-state index contributed by atoms with van der Waals surface area (Å²) in [7, 11) is 0. The van der Waals surface area contributed by atoms with Crippen molar-refractivity contribution in [3.63, 3.8) is 0 Å². The van der Waals surface area contributed by atoms with Gasteiger partial charge < -0.3 is 4.57 Å². The highest BCUT2D eigenvalue weighted by molar-refractivity contribution is 6.05. The molecule has 3 aromatic heterocycles. The van der Waals surface area contributed by atoms with Crippen molar-refractivity contribution in [2.45, 2.75) is 38.5 Å². The lowest BCUT2D eigenvalue weighted by Crippen LogP contribution is -2.15. The van der Waals surface area contributed by atoms with Gasteiger partial charge >= 0.3 is 0 Å². The lowest BCUT2D eigenvalue weighted by molar-refractivity contribution is 0.0964. The van der Waals surface area contributed by atoms with Gasteiger partial charge in [0.15, 0.2) is 11.6 Å². The number of aryl methyl sites for hydroxylation is 1. The number of benzene rings is 1. The lowest BCUT2D eigenvalue weighted by atomic mass is 9.96. The Balaban J connectivity index is 1.75. The molecule has 2 aliphatic rings. The van der Waals surface area contributed by atoms with Gasteiger partial charge in [0, 0.05) is 46.9 Å². The molecular weight excluding hydrogens is 348 g/mol. The molecule has 4 aromatic rings. The molecule has 0 atom stereocenters. The molecule has 2 aliphatic carbocycles.